The van der Waals surface area contributed by atoms with Gasteiger partial charge in [-0.2, -0.15) is 13.2 Å². The lowest BCUT2D eigenvalue weighted by Gasteiger charge is -2.39. The average molecular weight is 343 g/mol. The van der Waals surface area contributed by atoms with Gasteiger partial charge < -0.3 is 9.47 Å². The molecule has 8 heteroatoms. The predicted octanol–water partition coefficient (Wildman–Crippen LogP) is 2.76. The normalized spacial score (nSPS) is 21.8. The van der Waals surface area contributed by atoms with Crippen molar-refractivity contribution in [3.8, 4) is 0 Å². The van der Waals surface area contributed by atoms with Crippen molar-refractivity contribution in [2.24, 2.45) is 0 Å². The van der Waals surface area contributed by atoms with Crippen LogP contribution < -0.4 is 0 Å². The second-order valence-corrected chi connectivity index (χ2v) is 5.97. The summed E-state index contributed by atoms with van der Waals surface area (Å²) in [7, 11) is 0. The molecule has 1 atom stereocenters. The minimum Gasteiger partial charge on any atom is -0.350 e. The molecule has 1 saturated heterocycles. The van der Waals surface area contributed by atoms with Crippen LogP contribution in [0.4, 0.5) is 13.2 Å². The smallest absolute Gasteiger partial charge is 0.350 e. The third kappa shape index (κ3) is 2.91. The van der Waals surface area contributed by atoms with Crippen LogP contribution in [-0.2, 0) is 9.47 Å². The summed E-state index contributed by atoms with van der Waals surface area (Å²) >= 11 is 0. The molecular formula is C16H16F3NO4. The van der Waals surface area contributed by atoms with Crippen molar-refractivity contribution < 1.29 is 32.2 Å². The molecule has 2 amide bonds. The lowest BCUT2D eigenvalue weighted by Crippen LogP contribution is -2.54. The van der Waals surface area contributed by atoms with Crippen molar-refractivity contribution in [3.63, 3.8) is 0 Å². The minimum absolute atomic E-state index is 0.0209. The van der Waals surface area contributed by atoms with Crippen LogP contribution in [0.2, 0.25) is 0 Å². The van der Waals surface area contributed by atoms with Gasteiger partial charge in [0.05, 0.1) is 24.3 Å². The molecule has 2 heterocycles. The molecule has 130 valence electrons. The van der Waals surface area contributed by atoms with Gasteiger partial charge in [0.2, 0.25) is 0 Å². The number of hydrogen-bond acceptors (Lipinski definition) is 4. The second kappa shape index (κ2) is 5.86. The fourth-order valence-electron chi connectivity index (χ4n) is 2.99. The summed E-state index contributed by atoms with van der Waals surface area (Å²) in [6, 6.07) is 3.39. The van der Waals surface area contributed by atoms with E-state index < -0.39 is 36.2 Å². The van der Waals surface area contributed by atoms with E-state index in [9.17, 15) is 22.8 Å². The molecule has 0 spiro atoms. The predicted molar refractivity (Wildman–Crippen MR) is 76.3 cm³/mol. The van der Waals surface area contributed by atoms with E-state index in [0.717, 1.165) is 0 Å². The van der Waals surface area contributed by atoms with Gasteiger partial charge >= 0.3 is 6.18 Å². The first-order valence-corrected chi connectivity index (χ1v) is 7.54. The molecule has 1 aromatic rings. The standard InChI is InChI=1S/C16H16F3NO4/c1-15(23-7-4-8-24-15)9-12(16(17,18)19)20-13(21)10-5-2-3-6-11(10)14(20)22/h2-3,5-6,12H,4,7-9H2,1H3. The number of fused-ring (bicyclic) bond motifs is 1. The van der Waals surface area contributed by atoms with Crippen molar-refractivity contribution in [2.45, 2.75) is 37.8 Å². The summed E-state index contributed by atoms with van der Waals surface area (Å²) in [4.78, 5) is 25.0. The van der Waals surface area contributed by atoms with E-state index >= 15 is 0 Å². The van der Waals surface area contributed by atoms with Crippen LogP contribution in [0.3, 0.4) is 0 Å². The van der Waals surface area contributed by atoms with Crippen molar-refractivity contribution in [3.05, 3.63) is 35.4 Å². The van der Waals surface area contributed by atoms with E-state index in [0.29, 0.717) is 6.42 Å². The van der Waals surface area contributed by atoms with Gasteiger partial charge in [-0.25, -0.2) is 0 Å². The number of carbonyl (C=O) groups excluding carboxylic acids is 2. The number of rotatable bonds is 3. The number of hydrogen-bond donors (Lipinski definition) is 0. The molecule has 3 rings (SSSR count). The number of nitrogens with zero attached hydrogens (tertiary/aromatic N) is 1. The van der Waals surface area contributed by atoms with Crippen LogP contribution in [0.1, 0.15) is 40.5 Å². The van der Waals surface area contributed by atoms with E-state index in [-0.39, 0.29) is 29.2 Å². The summed E-state index contributed by atoms with van der Waals surface area (Å²) in [5, 5.41) is 0. The molecule has 0 aliphatic carbocycles. The monoisotopic (exact) mass is 343 g/mol. The topological polar surface area (TPSA) is 55.8 Å². The zero-order valence-corrected chi connectivity index (χ0v) is 12.9. The third-order valence-electron chi connectivity index (χ3n) is 4.18. The van der Waals surface area contributed by atoms with Crippen molar-refractivity contribution in [1.82, 2.24) is 4.90 Å². The second-order valence-electron chi connectivity index (χ2n) is 5.97. The first-order chi connectivity index (χ1) is 11.2. The first kappa shape index (κ1) is 16.9. The molecule has 1 aromatic carbocycles. The fraction of sp³-hybridized carbons (Fsp3) is 0.500. The van der Waals surface area contributed by atoms with E-state index in [2.05, 4.69) is 0 Å². The van der Waals surface area contributed by atoms with E-state index in [1.807, 2.05) is 0 Å². The largest absolute Gasteiger partial charge is 0.409 e. The van der Waals surface area contributed by atoms with Gasteiger partial charge in [-0.1, -0.05) is 12.1 Å². The van der Waals surface area contributed by atoms with Gasteiger partial charge in [0.15, 0.2) is 5.79 Å². The Balaban J connectivity index is 1.93. The molecule has 0 bridgehead atoms. The maximum atomic E-state index is 13.6. The zero-order valence-electron chi connectivity index (χ0n) is 12.9. The minimum atomic E-state index is -4.79. The maximum absolute atomic E-state index is 13.6. The zero-order chi connectivity index (χ0) is 17.5. The van der Waals surface area contributed by atoms with E-state index in [1.165, 1.54) is 31.2 Å². The maximum Gasteiger partial charge on any atom is 0.409 e. The van der Waals surface area contributed by atoms with Gasteiger partial charge in [-0.3, -0.25) is 14.5 Å². The number of amides is 2. The van der Waals surface area contributed by atoms with Crippen molar-refractivity contribution in [2.75, 3.05) is 13.2 Å². The molecule has 0 aromatic heterocycles. The SMILES string of the molecule is CC1(CC(N2C(=O)c3ccccc3C2=O)C(F)(F)F)OCCCO1. The van der Waals surface area contributed by atoms with E-state index in [4.69, 9.17) is 9.47 Å². The number of alkyl halides is 3. The molecule has 2 aliphatic heterocycles. The Morgan fingerprint density at radius 3 is 2.08 bits per heavy atom. The van der Waals surface area contributed by atoms with Gasteiger partial charge in [0.25, 0.3) is 11.8 Å². The van der Waals surface area contributed by atoms with Gasteiger partial charge in [-0.05, 0) is 25.5 Å². The highest BCUT2D eigenvalue weighted by Crippen LogP contribution is 2.38. The lowest BCUT2D eigenvalue weighted by molar-refractivity contribution is -0.279. The van der Waals surface area contributed by atoms with Crippen LogP contribution in [-0.4, -0.2) is 47.9 Å². The Kier molecular flexibility index (Phi) is 4.13. The number of halogens is 3. The highest BCUT2D eigenvalue weighted by atomic mass is 19.4. The molecule has 1 fully saturated rings. The molecule has 0 radical (unpaired) electrons. The van der Waals surface area contributed by atoms with Crippen LogP contribution in [0.25, 0.3) is 0 Å². The summed E-state index contributed by atoms with van der Waals surface area (Å²) in [5.74, 6) is -3.39. The van der Waals surface area contributed by atoms with Gasteiger partial charge in [-0.15, -0.1) is 0 Å². The van der Waals surface area contributed by atoms with Gasteiger partial charge in [0, 0.05) is 6.42 Å². The Hall–Kier alpha value is -1.93. The van der Waals surface area contributed by atoms with Crippen LogP contribution >= 0.6 is 0 Å². The summed E-state index contributed by atoms with van der Waals surface area (Å²) in [5.41, 5.74) is -0.0419. The van der Waals surface area contributed by atoms with Crippen LogP contribution in [0.15, 0.2) is 24.3 Å². The molecule has 5 nitrogen and oxygen atoms in total. The van der Waals surface area contributed by atoms with Crippen molar-refractivity contribution >= 4 is 11.8 Å². The Bertz CT molecular complexity index is 633. The van der Waals surface area contributed by atoms with E-state index in [1.54, 1.807) is 0 Å². The molecular weight excluding hydrogens is 327 g/mol. The third-order valence-corrected chi connectivity index (χ3v) is 4.18. The van der Waals surface area contributed by atoms with Crippen LogP contribution in [0, 0.1) is 0 Å². The lowest BCUT2D eigenvalue weighted by atomic mass is 10.0. The number of ether oxygens (including phenoxy) is 2. The summed E-state index contributed by atoms with van der Waals surface area (Å²) < 4.78 is 51.5. The first-order valence-electron chi connectivity index (χ1n) is 7.54. The quantitative estimate of drug-likeness (QED) is 0.792. The summed E-state index contributed by atoms with van der Waals surface area (Å²) in [6.07, 6.45) is -4.87. The summed E-state index contributed by atoms with van der Waals surface area (Å²) in [6.45, 7) is 1.93. The molecule has 24 heavy (non-hydrogen) atoms. The van der Waals surface area contributed by atoms with Crippen LogP contribution in [0.5, 0.6) is 0 Å². The number of carbonyl (C=O) groups is 2. The fourth-order valence-corrected chi connectivity index (χ4v) is 2.99. The number of imide groups is 1. The molecule has 0 saturated carbocycles. The Morgan fingerprint density at radius 1 is 1.12 bits per heavy atom. The number of benzene rings is 1. The Morgan fingerprint density at radius 2 is 1.62 bits per heavy atom. The molecule has 2 aliphatic rings. The molecule has 1 unspecified atom stereocenters. The van der Waals surface area contributed by atoms with Gasteiger partial charge in [0.1, 0.15) is 6.04 Å². The van der Waals surface area contributed by atoms with Crippen molar-refractivity contribution in [1.29, 1.82) is 0 Å². The highest BCUT2D eigenvalue weighted by Gasteiger charge is 2.54. The average Bonchev–Trinajstić information content (AvgIpc) is 2.77. The highest BCUT2D eigenvalue weighted by molar-refractivity contribution is 6.21. The molecule has 0 N–H and O–H groups in total. The Labute approximate surface area is 136 Å².